The molecule has 1 aromatic carbocycles. The Morgan fingerprint density at radius 2 is 1.96 bits per heavy atom. The number of carbonyl (C=O) groups is 1. The molecule has 1 saturated carbocycles. The molecule has 1 aromatic heterocycles. The van der Waals surface area contributed by atoms with E-state index in [1.54, 1.807) is 18.5 Å². The van der Waals surface area contributed by atoms with Gasteiger partial charge in [0.15, 0.2) is 5.78 Å². The highest BCUT2D eigenvalue weighted by molar-refractivity contribution is 6.32. The number of halogens is 3. The third-order valence-electron chi connectivity index (χ3n) is 4.57. The summed E-state index contributed by atoms with van der Waals surface area (Å²) in [5, 5.41) is 0.516. The molecule has 0 saturated heterocycles. The zero-order valence-corrected chi connectivity index (χ0v) is 16.6. The van der Waals surface area contributed by atoms with Gasteiger partial charge in [-0.25, -0.2) is 13.8 Å². The van der Waals surface area contributed by atoms with Gasteiger partial charge in [0.05, 0.1) is 12.0 Å². The normalized spacial score (nSPS) is 16.8. The second kappa shape index (κ2) is 9.27. The maximum atomic E-state index is 13.2. The summed E-state index contributed by atoms with van der Waals surface area (Å²) in [5.41, 5.74) is 2.29. The molecule has 3 rings (SSSR count). The van der Waals surface area contributed by atoms with Crippen molar-refractivity contribution < 1.29 is 13.6 Å². The van der Waals surface area contributed by atoms with Crippen molar-refractivity contribution in [1.29, 1.82) is 0 Å². The van der Waals surface area contributed by atoms with Gasteiger partial charge in [0.2, 0.25) is 5.92 Å². The molecule has 0 bridgehead atoms. The average molecular weight is 395 g/mol. The lowest BCUT2D eigenvalue weighted by Crippen LogP contribution is -2.27. The van der Waals surface area contributed by atoms with Crippen LogP contribution in [0.3, 0.4) is 0 Å². The smallest absolute Gasteiger partial charge is 0.248 e. The Labute approximate surface area is 164 Å². The molecule has 0 atom stereocenters. The first kappa shape index (κ1) is 21.3. The van der Waals surface area contributed by atoms with Crippen LogP contribution in [0.5, 0.6) is 0 Å². The number of rotatable bonds is 4. The molecule has 27 heavy (non-hydrogen) atoms. The Balaban J connectivity index is 0.00000126. The van der Waals surface area contributed by atoms with Gasteiger partial charge in [0, 0.05) is 48.2 Å². The number of hydrogen-bond donors (Lipinski definition) is 0. The van der Waals surface area contributed by atoms with Gasteiger partial charge in [-0.05, 0) is 31.1 Å². The van der Waals surface area contributed by atoms with Crippen molar-refractivity contribution in [1.82, 2.24) is 9.55 Å². The predicted octanol–water partition coefficient (Wildman–Crippen LogP) is 6.17. The molecular weight excluding hydrogens is 370 g/mol. The molecule has 0 radical (unpaired) electrons. The minimum atomic E-state index is -2.63. The highest BCUT2D eigenvalue weighted by Gasteiger charge is 2.36. The summed E-state index contributed by atoms with van der Waals surface area (Å²) >= 11 is 6.30. The van der Waals surface area contributed by atoms with Crippen LogP contribution in [0.25, 0.3) is 17.3 Å². The van der Waals surface area contributed by atoms with Gasteiger partial charge in [0.25, 0.3) is 0 Å². The van der Waals surface area contributed by atoms with Crippen LogP contribution >= 0.6 is 11.6 Å². The molecular formula is C21H25ClF2N2O. The lowest BCUT2D eigenvalue weighted by atomic mass is 9.84. The van der Waals surface area contributed by atoms with Gasteiger partial charge in [-0.2, -0.15) is 0 Å². The molecule has 0 N–H and O–H groups in total. The lowest BCUT2D eigenvalue weighted by Gasteiger charge is -2.26. The van der Waals surface area contributed by atoms with Crippen molar-refractivity contribution in [2.24, 2.45) is 13.0 Å². The van der Waals surface area contributed by atoms with Crippen LogP contribution < -0.4 is 0 Å². The fraction of sp³-hybridized carbons (Fsp3) is 0.429. The molecule has 0 aliphatic heterocycles. The summed E-state index contributed by atoms with van der Waals surface area (Å²) in [7, 11) is 1.87. The zero-order chi connectivity index (χ0) is 20.0. The van der Waals surface area contributed by atoms with Crippen molar-refractivity contribution >= 4 is 23.5 Å². The van der Waals surface area contributed by atoms with E-state index in [-0.39, 0.29) is 37.4 Å². The number of carbonyl (C=O) groups excluding carboxylic acids is 1. The molecule has 0 unspecified atom stereocenters. The van der Waals surface area contributed by atoms with E-state index in [1.807, 2.05) is 43.8 Å². The Morgan fingerprint density at radius 1 is 1.30 bits per heavy atom. The number of imidazole rings is 1. The molecule has 1 heterocycles. The second-order valence-corrected chi connectivity index (χ2v) is 6.90. The number of ketones is 1. The molecule has 6 heteroatoms. The largest absolute Gasteiger partial charge is 0.340 e. The standard InChI is InChI=1S/C19H19ClF2N2O.C2H6/c1-24-11-17(23-12-24)15-3-2-4-16(20)14(15)5-6-18(25)13-7-9-19(21,22)10-8-13;1-2/h2-6,11-13H,7-10H2,1H3;1-2H3/b6-5+;. The Hall–Kier alpha value is -2.01. The fourth-order valence-electron chi connectivity index (χ4n) is 3.11. The summed E-state index contributed by atoms with van der Waals surface area (Å²) in [6, 6.07) is 5.47. The van der Waals surface area contributed by atoms with Crippen molar-refractivity contribution in [3.8, 4) is 11.3 Å². The van der Waals surface area contributed by atoms with E-state index in [4.69, 9.17) is 11.6 Å². The summed E-state index contributed by atoms with van der Waals surface area (Å²) in [4.78, 5) is 16.7. The van der Waals surface area contributed by atoms with Crippen LogP contribution in [0.4, 0.5) is 8.78 Å². The minimum Gasteiger partial charge on any atom is -0.340 e. The van der Waals surface area contributed by atoms with Crippen LogP contribution in [0.15, 0.2) is 36.8 Å². The van der Waals surface area contributed by atoms with Crippen molar-refractivity contribution in [3.05, 3.63) is 47.4 Å². The van der Waals surface area contributed by atoms with Crippen LogP contribution in [-0.4, -0.2) is 21.3 Å². The second-order valence-electron chi connectivity index (χ2n) is 6.49. The number of alkyl halides is 2. The van der Waals surface area contributed by atoms with E-state index in [9.17, 15) is 13.6 Å². The summed E-state index contributed by atoms with van der Waals surface area (Å²) in [6.07, 6.45) is 6.71. The summed E-state index contributed by atoms with van der Waals surface area (Å²) in [6.45, 7) is 4.00. The number of aromatic nitrogens is 2. The number of nitrogens with zero attached hydrogens (tertiary/aromatic N) is 2. The monoisotopic (exact) mass is 394 g/mol. The highest BCUT2D eigenvalue weighted by Crippen LogP contribution is 2.37. The third-order valence-corrected chi connectivity index (χ3v) is 4.90. The third kappa shape index (κ3) is 5.48. The summed E-state index contributed by atoms with van der Waals surface area (Å²) in [5.74, 6) is -3.09. The van der Waals surface area contributed by atoms with Gasteiger partial charge in [0.1, 0.15) is 0 Å². The first-order valence-electron chi connectivity index (χ1n) is 9.22. The molecule has 2 aromatic rings. The summed E-state index contributed by atoms with van der Waals surface area (Å²) < 4.78 is 28.3. The molecule has 1 fully saturated rings. The van der Waals surface area contributed by atoms with E-state index in [2.05, 4.69) is 4.98 Å². The number of benzene rings is 1. The van der Waals surface area contributed by atoms with E-state index in [1.165, 1.54) is 6.08 Å². The maximum absolute atomic E-state index is 13.2. The minimum absolute atomic E-state index is 0.123. The predicted molar refractivity (Wildman–Crippen MR) is 106 cm³/mol. The van der Waals surface area contributed by atoms with Crippen molar-refractivity contribution in [2.45, 2.75) is 45.5 Å². The molecule has 1 aliphatic carbocycles. The number of aryl methyl sites for hydroxylation is 1. The van der Waals surface area contributed by atoms with Gasteiger partial charge >= 0.3 is 0 Å². The first-order valence-corrected chi connectivity index (χ1v) is 9.60. The van der Waals surface area contributed by atoms with Crippen molar-refractivity contribution in [2.75, 3.05) is 0 Å². The van der Waals surface area contributed by atoms with Crippen LogP contribution in [0.1, 0.15) is 45.1 Å². The highest BCUT2D eigenvalue weighted by atomic mass is 35.5. The van der Waals surface area contributed by atoms with Crippen molar-refractivity contribution in [3.63, 3.8) is 0 Å². The topological polar surface area (TPSA) is 34.9 Å². The Kier molecular flexibility index (Phi) is 7.31. The van der Waals surface area contributed by atoms with E-state index >= 15 is 0 Å². The molecule has 146 valence electrons. The number of allylic oxidation sites excluding steroid dienone is 1. The zero-order valence-electron chi connectivity index (χ0n) is 15.9. The molecule has 1 aliphatic rings. The lowest BCUT2D eigenvalue weighted by molar-refractivity contribution is -0.122. The first-order chi connectivity index (χ1) is 12.9. The Morgan fingerprint density at radius 3 is 2.56 bits per heavy atom. The van der Waals surface area contributed by atoms with Gasteiger partial charge in [-0.15, -0.1) is 0 Å². The average Bonchev–Trinajstić information content (AvgIpc) is 3.08. The fourth-order valence-corrected chi connectivity index (χ4v) is 3.35. The SMILES string of the molecule is CC.Cn1cnc(-c2cccc(Cl)c2/C=C/C(=O)C2CCC(F)(F)CC2)c1. The van der Waals surface area contributed by atoms with Gasteiger partial charge in [-0.3, -0.25) is 4.79 Å². The van der Waals surface area contributed by atoms with E-state index in [0.29, 0.717) is 10.6 Å². The quantitative estimate of drug-likeness (QED) is 0.581. The maximum Gasteiger partial charge on any atom is 0.248 e. The Bertz CT molecular complexity index is 804. The molecule has 0 amide bonds. The van der Waals surface area contributed by atoms with Crippen LogP contribution in [0, 0.1) is 5.92 Å². The molecule has 3 nitrogen and oxygen atoms in total. The van der Waals surface area contributed by atoms with E-state index < -0.39 is 5.92 Å². The van der Waals surface area contributed by atoms with Gasteiger partial charge < -0.3 is 4.57 Å². The number of hydrogen-bond acceptors (Lipinski definition) is 2. The van der Waals surface area contributed by atoms with Gasteiger partial charge in [-0.1, -0.05) is 37.6 Å². The van der Waals surface area contributed by atoms with Crippen LogP contribution in [0.2, 0.25) is 5.02 Å². The van der Waals surface area contributed by atoms with E-state index in [0.717, 1.165) is 11.3 Å². The molecule has 0 spiro atoms. The van der Waals surface area contributed by atoms with Crippen LogP contribution in [-0.2, 0) is 11.8 Å².